The van der Waals surface area contributed by atoms with Crippen molar-refractivity contribution in [2.75, 3.05) is 105 Å². The molecular weight excluding hydrogens is 412 g/mol. The van der Waals surface area contributed by atoms with Crippen LogP contribution in [0.4, 0.5) is 0 Å². The van der Waals surface area contributed by atoms with Crippen molar-refractivity contribution in [3.63, 3.8) is 0 Å². The quantitative estimate of drug-likeness (QED) is 0.0854. The Morgan fingerprint density at radius 1 is 0.452 bits per heavy atom. The van der Waals surface area contributed by atoms with Crippen molar-refractivity contribution in [3.05, 3.63) is 0 Å². The van der Waals surface area contributed by atoms with Gasteiger partial charge in [0.1, 0.15) is 6.10 Å². The molecule has 0 amide bonds. The molecule has 0 spiro atoms. The van der Waals surface area contributed by atoms with Crippen LogP contribution < -0.4 is 22.9 Å². The Kier molecular flexibility index (Phi) is 41.8. The molecule has 0 aromatic heterocycles. The molecule has 0 saturated heterocycles. The topological polar surface area (TPSA) is 211 Å². The fourth-order valence-corrected chi connectivity index (χ4v) is 1.46. The van der Waals surface area contributed by atoms with E-state index in [4.69, 9.17) is 61.9 Å². The fourth-order valence-electron chi connectivity index (χ4n) is 1.46. The van der Waals surface area contributed by atoms with Gasteiger partial charge >= 0.3 is 0 Å². The molecule has 11 N–H and O–H groups in total. The van der Waals surface area contributed by atoms with Gasteiger partial charge in [0, 0.05) is 26.3 Å². The largest absolute Gasteiger partial charge is 0.394 e. The third-order valence-corrected chi connectivity index (χ3v) is 3.05. The molecule has 192 valence electrons. The second-order valence-electron chi connectivity index (χ2n) is 5.94. The number of aliphatic hydroxyl groups excluding tert-OH is 3. The zero-order valence-electron chi connectivity index (χ0n) is 19.0. The van der Waals surface area contributed by atoms with E-state index >= 15 is 0 Å². The van der Waals surface area contributed by atoms with E-state index in [-0.39, 0.29) is 13.2 Å². The maximum Gasteiger partial charge on any atom is 0.100 e. The second-order valence-corrected chi connectivity index (χ2v) is 5.94. The van der Waals surface area contributed by atoms with Crippen molar-refractivity contribution >= 4 is 0 Å². The molecule has 0 bridgehead atoms. The zero-order valence-corrected chi connectivity index (χ0v) is 19.0. The zero-order chi connectivity index (χ0) is 23.8. The van der Waals surface area contributed by atoms with Gasteiger partial charge in [0.05, 0.1) is 66.1 Å². The molecule has 31 heavy (non-hydrogen) atoms. The van der Waals surface area contributed by atoms with Gasteiger partial charge < -0.3 is 61.9 Å². The smallest absolute Gasteiger partial charge is 0.100 e. The highest BCUT2D eigenvalue weighted by atomic mass is 16.5. The van der Waals surface area contributed by atoms with Crippen LogP contribution in [0.25, 0.3) is 0 Å². The summed E-state index contributed by atoms with van der Waals surface area (Å²) in [6, 6.07) is 0. The van der Waals surface area contributed by atoms with Gasteiger partial charge in [0.2, 0.25) is 0 Å². The highest BCUT2D eigenvalue weighted by molar-refractivity contribution is 4.44. The van der Waals surface area contributed by atoms with Crippen molar-refractivity contribution in [1.82, 2.24) is 0 Å². The van der Waals surface area contributed by atoms with Crippen LogP contribution in [0.15, 0.2) is 0 Å². The van der Waals surface area contributed by atoms with E-state index in [1.807, 2.05) is 0 Å². The lowest BCUT2D eigenvalue weighted by Crippen LogP contribution is -2.15. The standard InChI is InChI=1S/C10H24N2O3.C6H16N2O2.C3H8O3/c11-3-1-5-13-7-9-15-10-8-14-6-2-4-12;7-1-3-9-5-6-10-4-2-8;4-1-3(6)2-5/h1-12H2;1-8H2;3-6H,1-2H2. The molecule has 0 aliphatic heterocycles. The summed E-state index contributed by atoms with van der Waals surface area (Å²) in [5, 5.41) is 24.0. The van der Waals surface area contributed by atoms with Crippen molar-refractivity contribution in [1.29, 1.82) is 0 Å². The summed E-state index contributed by atoms with van der Waals surface area (Å²) in [7, 11) is 0. The third-order valence-electron chi connectivity index (χ3n) is 3.05. The Morgan fingerprint density at radius 3 is 0.968 bits per heavy atom. The second kappa shape index (κ2) is 36.9. The maximum absolute atomic E-state index is 8.17. The molecule has 0 unspecified atom stereocenters. The fraction of sp³-hybridized carbons (Fsp3) is 1.00. The average Bonchev–Trinajstić information content (AvgIpc) is 2.80. The SMILES string of the molecule is NCCCOCCOCCOCCCN.NCCOCCOCCN.OCC(O)CO. The minimum absolute atomic E-state index is 0.365. The Morgan fingerprint density at radius 2 is 0.742 bits per heavy atom. The van der Waals surface area contributed by atoms with Gasteiger partial charge in [-0.05, 0) is 25.9 Å². The highest BCUT2D eigenvalue weighted by Crippen LogP contribution is 1.84. The van der Waals surface area contributed by atoms with Crippen LogP contribution in [-0.2, 0) is 23.7 Å². The lowest BCUT2D eigenvalue weighted by atomic mass is 10.4. The van der Waals surface area contributed by atoms with E-state index in [9.17, 15) is 0 Å². The van der Waals surface area contributed by atoms with E-state index in [0.717, 1.165) is 12.8 Å². The number of aliphatic hydroxyl groups is 3. The normalized spacial score (nSPS) is 10.5. The van der Waals surface area contributed by atoms with Gasteiger partial charge in [0.15, 0.2) is 0 Å². The first-order chi connectivity index (χ1) is 15.1. The molecule has 0 heterocycles. The van der Waals surface area contributed by atoms with Crippen molar-refractivity contribution in [2.45, 2.75) is 18.9 Å². The van der Waals surface area contributed by atoms with Gasteiger partial charge in [-0.15, -0.1) is 0 Å². The lowest BCUT2D eigenvalue weighted by molar-refractivity contribution is 0.0143. The van der Waals surface area contributed by atoms with Crippen LogP contribution in [0.1, 0.15) is 12.8 Å². The van der Waals surface area contributed by atoms with Gasteiger partial charge in [-0.1, -0.05) is 0 Å². The van der Waals surface area contributed by atoms with Crippen molar-refractivity contribution in [3.8, 4) is 0 Å². The lowest BCUT2D eigenvalue weighted by Gasteiger charge is -2.06. The molecule has 0 atom stereocenters. The monoisotopic (exact) mass is 460 g/mol. The van der Waals surface area contributed by atoms with Crippen LogP contribution >= 0.6 is 0 Å². The molecule has 0 aromatic rings. The van der Waals surface area contributed by atoms with Gasteiger partial charge in [-0.3, -0.25) is 0 Å². The number of nitrogens with two attached hydrogens (primary N) is 4. The summed E-state index contributed by atoms with van der Waals surface area (Å²) < 4.78 is 25.9. The molecular formula is C19H48N4O8. The summed E-state index contributed by atoms with van der Waals surface area (Å²) in [6.45, 7) is 8.10. The molecule has 0 radical (unpaired) electrons. The molecule has 0 aliphatic rings. The Bertz CT molecular complexity index is 261. The van der Waals surface area contributed by atoms with Gasteiger partial charge in [-0.2, -0.15) is 0 Å². The molecule has 12 nitrogen and oxygen atoms in total. The van der Waals surface area contributed by atoms with Gasteiger partial charge in [-0.25, -0.2) is 0 Å². The molecule has 0 fully saturated rings. The summed E-state index contributed by atoms with van der Waals surface area (Å²) in [6.07, 6.45) is 0.856. The summed E-state index contributed by atoms with van der Waals surface area (Å²) >= 11 is 0. The molecule has 0 saturated carbocycles. The van der Waals surface area contributed by atoms with E-state index < -0.39 is 6.10 Å². The maximum atomic E-state index is 8.17. The van der Waals surface area contributed by atoms with Crippen molar-refractivity contribution < 1.29 is 39.0 Å². The first-order valence-electron chi connectivity index (χ1n) is 10.7. The average molecular weight is 461 g/mol. The highest BCUT2D eigenvalue weighted by Gasteiger charge is 1.94. The van der Waals surface area contributed by atoms with Gasteiger partial charge in [0.25, 0.3) is 0 Å². The summed E-state index contributed by atoms with van der Waals surface area (Å²) in [5.41, 5.74) is 21.0. The third kappa shape index (κ3) is 44.1. The van der Waals surface area contributed by atoms with Crippen LogP contribution in [0, 0.1) is 0 Å². The molecule has 0 aliphatic carbocycles. The number of rotatable bonds is 21. The number of hydrogen-bond acceptors (Lipinski definition) is 12. The van der Waals surface area contributed by atoms with Crippen LogP contribution in [-0.4, -0.2) is 127 Å². The van der Waals surface area contributed by atoms with E-state index in [1.54, 1.807) is 0 Å². The molecule has 0 aromatic carbocycles. The van der Waals surface area contributed by atoms with E-state index in [1.165, 1.54) is 0 Å². The Balaban J connectivity index is -0.000000421. The van der Waals surface area contributed by atoms with E-state index in [0.29, 0.717) is 92.2 Å². The molecule has 12 heteroatoms. The van der Waals surface area contributed by atoms with Crippen LogP contribution in [0.2, 0.25) is 0 Å². The van der Waals surface area contributed by atoms with Crippen LogP contribution in [0.5, 0.6) is 0 Å². The Labute approximate surface area is 187 Å². The number of hydrogen-bond donors (Lipinski definition) is 7. The summed E-state index contributed by atoms with van der Waals surface area (Å²) in [4.78, 5) is 0. The molecule has 0 rings (SSSR count). The number of ether oxygens (including phenoxy) is 5. The summed E-state index contributed by atoms with van der Waals surface area (Å²) in [5.74, 6) is 0. The minimum atomic E-state index is -0.954. The van der Waals surface area contributed by atoms with Crippen molar-refractivity contribution in [2.24, 2.45) is 22.9 Å². The predicted molar refractivity (Wildman–Crippen MR) is 120 cm³/mol. The Hall–Kier alpha value is -0.480. The predicted octanol–water partition coefficient (Wildman–Crippen LogP) is -3.00. The van der Waals surface area contributed by atoms with Crippen LogP contribution in [0.3, 0.4) is 0 Å². The minimum Gasteiger partial charge on any atom is -0.394 e. The van der Waals surface area contributed by atoms with E-state index in [2.05, 4.69) is 0 Å². The first kappa shape index (κ1) is 35.1. The first-order valence-corrected chi connectivity index (χ1v) is 10.7.